The quantitative estimate of drug-likeness (QED) is 0.559. The molecule has 1 saturated carbocycles. The molecule has 9 nitrogen and oxygen atoms in total. The third kappa shape index (κ3) is 4.97. The standard InChI is InChI=1S/C26H31ClN6O3/c1-16-13-31(25(35)36-26(2,3)4)10-11-32(16)22-21-20(24(34)30-18-8-9-18)14-33(23(21)29-15-28-22)19-7-5-6-17(27)12-19/h5-7,12,14-16,18H,8-11,13H2,1-4H3,(H,30,34)/t16-/m0/s1. The molecule has 1 aliphatic heterocycles. The van der Waals surface area contributed by atoms with E-state index in [0.29, 0.717) is 47.1 Å². The Labute approximate surface area is 215 Å². The number of piperazine rings is 1. The van der Waals surface area contributed by atoms with Crippen molar-refractivity contribution in [2.75, 3.05) is 24.5 Å². The number of amides is 2. The molecule has 0 bridgehead atoms. The number of hydrogen-bond acceptors (Lipinski definition) is 6. The van der Waals surface area contributed by atoms with Crippen LogP contribution in [0.4, 0.5) is 10.6 Å². The second kappa shape index (κ2) is 9.28. The highest BCUT2D eigenvalue weighted by atomic mass is 35.5. The first kappa shape index (κ1) is 24.4. The molecule has 1 N–H and O–H groups in total. The number of nitrogens with one attached hydrogen (secondary N) is 1. The lowest BCUT2D eigenvalue weighted by Gasteiger charge is -2.41. The highest BCUT2D eigenvalue weighted by Crippen LogP contribution is 2.33. The first-order valence-electron chi connectivity index (χ1n) is 12.3. The van der Waals surface area contributed by atoms with Crippen LogP contribution in [0.5, 0.6) is 0 Å². The number of rotatable bonds is 4. The van der Waals surface area contributed by atoms with Crippen molar-refractivity contribution in [1.82, 2.24) is 24.8 Å². The van der Waals surface area contributed by atoms with E-state index < -0.39 is 5.60 Å². The van der Waals surface area contributed by atoms with E-state index in [-0.39, 0.29) is 24.1 Å². The van der Waals surface area contributed by atoms with Gasteiger partial charge in [0.05, 0.1) is 10.9 Å². The van der Waals surface area contributed by atoms with Gasteiger partial charge in [0.25, 0.3) is 5.91 Å². The van der Waals surface area contributed by atoms with Gasteiger partial charge in [0.2, 0.25) is 0 Å². The van der Waals surface area contributed by atoms with E-state index in [1.807, 2.05) is 62.7 Å². The van der Waals surface area contributed by atoms with Gasteiger partial charge in [-0.1, -0.05) is 17.7 Å². The second-order valence-corrected chi connectivity index (χ2v) is 10.9. The van der Waals surface area contributed by atoms with Crippen molar-refractivity contribution < 1.29 is 14.3 Å². The van der Waals surface area contributed by atoms with Crippen molar-refractivity contribution in [1.29, 1.82) is 0 Å². The van der Waals surface area contributed by atoms with Crippen molar-refractivity contribution in [2.45, 2.75) is 58.2 Å². The van der Waals surface area contributed by atoms with Gasteiger partial charge in [-0.3, -0.25) is 4.79 Å². The van der Waals surface area contributed by atoms with Gasteiger partial charge in [0.15, 0.2) is 5.65 Å². The molecule has 10 heteroatoms. The van der Waals surface area contributed by atoms with Crippen molar-refractivity contribution in [2.24, 2.45) is 0 Å². The minimum Gasteiger partial charge on any atom is -0.444 e. The molecule has 2 aromatic heterocycles. The highest BCUT2D eigenvalue weighted by Gasteiger charge is 2.33. The second-order valence-electron chi connectivity index (χ2n) is 10.5. The van der Waals surface area contributed by atoms with Crippen molar-refractivity contribution in [3.8, 4) is 5.69 Å². The Kier molecular flexibility index (Phi) is 6.28. The molecule has 3 aromatic rings. The zero-order valence-corrected chi connectivity index (χ0v) is 21.7. The Hall–Kier alpha value is -3.33. The molecular weight excluding hydrogens is 480 g/mol. The maximum absolute atomic E-state index is 13.3. The first-order chi connectivity index (χ1) is 17.1. The van der Waals surface area contributed by atoms with E-state index in [1.165, 1.54) is 6.33 Å². The first-order valence-corrected chi connectivity index (χ1v) is 12.7. The predicted molar refractivity (Wildman–Crippen MR) is 139 cm³/mol. The molecular formula is C26H31ClN6O3. The van der Waals surface area contributed by atoms with Crippen LogP contribution in [0.3, 0.4) is 0 Å². The zero-order valence-electron chi connectivity index (χ0n) is 21.0. The molecule has 0 spiro atoms. The molecule has 1 aromatic carbocycles. The van der Waals surface area contributed by atoms with Crippen LogP contribution in [0.2, 0.25) is 5.02 Å². The predicted octanol–water partition coefficient (Wildman–Crippen LogP) is 4.41. The van der Waals surface area contributed by atoms with Crippen molar-refractivity contribution in [3.05, 3.63) is 47.4 Å². The molecule has 0 radical (unpaired) electrons. The third-order valence-corrected chi connectivity index (χ3v) is 6.59. The number of nitrogens with zero attached hydrogens (tertiary/aromatic N) is 5. The van der Waals surface area contributed by atoms with E-state index in [4.69, 9.17) is 16.3 Å². The number of carbonyl (C=O) groups is 2. The summed E-state index contributed by atoms with van der Waals surface area (Å²) in [4.78, 5) is 39.0. The molecule has 5 rings (SSSR count). The molecule has 1 saturated heterocycles. The average molecular weight is 511 g/mol. The van der Waals surface area contributed by atoms with Crippen LogP contribution < -0.4 is 10.2 Å². The summed E-state index contributed by atoms with van der Waals surface area (Å²) >= 11 is 6.27. The molecule has 1 aliphatic carbocycles. The summed E-state index contributed by atoms with van der Waals surface area (Å²) in [5.74, 6) is 0.539. The number of anilines is 1. The van der Waals surface area contributed by atoms with Gasteiger partial charge in [-0.25, -0.2) is 14.8 Å². The number of halogens is 1. The minimum absolute atomic E-state index is 0.0433. The lowest BCUT2D eigenvalue weighted by molar-refractivity contribution is 0.0218. The lowest BCUT2D eigenvalue weighted by atomic mass is 10.1. The Morgan fingerprint density at radius 2 is 1.94 bits per heavy atom. The van der Waals surface area contributed by atoms with Gasteiger partial charge in [0.1, 0.15) is 17.7 Å². The topological polar surface area (TPSA) is 92.6 Å². The Morgan fingerprint density at radius 1 is 1.17 bits per heavy atom. The van der Waals surface area contributed by atoms with Crippen molar-refractivity contribution >= 4 is 40.5 Å². The molecule has 3 heterocycles. The van der Waals surface area contributed by atoms with E-state index in [2.05, 4.69) is 20.2 Å². The van der Waals surface area contributed by atoms with Crippen LogP contribution in [0.15, 0.2) is 36.8 Å². The summed E-state index contributed by atoms with van der Waals surface area (Å²) in [7, 11) is 0. The zero-order chi connectivity index (χ0) is 25.6. The Morgan fingerprint density at radius 3 is 2.61 bits per heavy atom. The maximum atomic E-state index is 13.3. The van der Waals surface area contributed by atoms with Gasteiger partial charge in [-0.15, -0.1) is 0 Å². The summed E-state index contributed by atoms with van der Waals surface area (Å²) in [5, 5.41) is 4.39. The number of aromatic nitrogens is 3. The van der Waals surface area contributed by atoms with E-state index in [1.54, 1.807) is 4.90 Å². The van der Waals surface area contributed by atoms with Gasteiger partial charge in [-0.2, -0.15) is 0 Å². The summed E-state index contributed by atoms with van der Waals surface area (Å²) in [5.41, 5.74) is 1.41. The average Bonchev–Trinajstić information content (AvgIpc) is 3.53. The Balaban J connectivity index is 1.53. The van der Waals surface area contributed by atoms with Crippen LogP contribution in [0.25, 0.3) is 16.7 Å². The molecule has 190 valence electrons. The molecule has 2 amide bonds. The van der Waals surface area contributed by atoms with Crippen molar-refractivity contribution in [3.63, 3.8) is 0 Å². The van der Waals surface area contributed by atoms with E-state index in [9.17, 15) is 9.59 Å². The molecule has 2 aliphatic rings. The van der Waals surface area contributed by atoms with Gasteiger partial charge < -0.3 is 24.4 Å². The number of benzene rings is 1. The van der Waals surface area contributed by atoms with Crippen LogP contribution >= 0.6 is 11.6 Å². The van der Waals surface area contributed by atoms with Gasteiger partial charge >= 0.3 is 6.09 Å². The third-order valence-electron chi connectivity index (χ3n) is 6.36. The largest absolute Gasteiger partial charge is 0.444 e. The number of hydrogen-bond donors (Lipinski definition) is 1. The fourth-order valence-corrected chi connectivity index (χ4v) is 4.70. The lowest BCUT2D eigenvalue weighted by Crippen LogP contribution is -2.55. The Bertz CT molecular complexity index is 1310. The molecule has 1 atom stereocenters. The molecule has 2 fully saturated rings. The van der Waals surface area contributed by atoms with Crippen LogP contribution in [-0.4, -0.2) is 68.8 Å². The number of ether oxygens (including phenoxy) is 1. The molecule has 0 unspecified atom stereocenters. The summed E-state index contributed by atoms with van der Waals surface area (Å²) in [6, 6.07) is 7.62. The van der Waals surface area contributed by atoms with Crippen LogP contribution in [0, 0.1) is 0 Å². The minimum atomic E-state index is -0.552. The fraction of sp³-hybridized carbons (Fsp3) is 0.462. The summed E-state index contributed by atoms with van der Waals surface area (Å²) in [6.07, 6.45) is 5.00. The van der Waals surface area contributed by atoms with E-state index in [0.717, 1.165) is 18.5 Å². The molecule has 36 heavy (non-hydrogen) atoms. The van der Waals surface area contributed by atoms with Gasteiger partial charge in [0, 0.05) is 48.6 Å². The monoisotopic (exact) mass is 510 g/mol. The van der Waals surface area contributed by atoms with Crippen LogP contribution in [-0.2, 0) is 4.74 Å². The SMILES string of the molecule is C[C@H]1CN(C(=O)OC(C)(C)C)CCN1c1ncnc2c1c(C(=O)NC1CC1)cn2-c1cccc(Cl)c1. The maximum Gasteiger partial charge on any atom is 0.410 e. The normalized spacial score (nSPS) is 18.4. The van der Waals surface area contributed by atoms with E-state index >= 15 is 0 Å². The number of carbonyl (C=O) groups excluding carboxylic acids is 2. The van der Waals surface area contributed by atoms with Crippen LogP contribution in [0.1, 0.15) is 50.9 Å². The number of fused-ring (bicyclic) bond motifs is 1. The van der Waals surface area contributed by atoms with Gasteiger partial charge in [-0.05, 0) is 58.7 Å². The fourth-order valence-electron chi connectivity index (χ4n) is 4.51. The highest BCUT2D eigenvalue weighted by molar-refractivity contribution is 6.30. The summed E-state index contributed by atoms with van der Waals surface area (Å²) < 4.78 is 7.45. The smallest absolute Gasteiger partial charge is 0.410 e. The summed E-state index contributed by atoms with van der Waals surface area (Å²) in [6.45, 7) is 9.16.